The Labute approximate surface area is 215 Å². The predicted octanol–water partition coefficient (Wildman–Crippen LogP) is 3.44. The summed E-state index contributed by atoms with van der Waals surface area (Å²) in [5.74, 6) is 2.69. The third-order valence-electron chi connectivity index (χ3n) is 9.14. The molecule has 0 unspecified atom stereocenters. The summed E-state index contributed by atoms with van der Waals surface area (Å²) in [6.45, 7) is 5.73. The van der Waals surface area contributed by atoms with Gasteiger partial charge in [0.1, 0.15) is 0 Å². The van der Waals surface area contributed by atoms with Crippen molar-refractivity contribution in [2.45, 2.75) is 64.7 Å². The normalized spacial score (nSPS) is 29.2. The lowest BCUT2D eigenvalue weighted by Gasteiger charge is -2.55. The first kappa shape index (κ1) is 25.2. The molecule has 36 heavy (non-hydrogen) atoms. The minimum absolute atomic E-state index is 0.00885. The molecule has 3 amide bonds. The fourth-order valence-corrected chi connectivity index (χ4v) is 7.67. The second-order valence-electron chi connectivity index (χ2n) is 11.8. The molecule has 4 bridgehead atoms. The zero-order chi connectivity index (χ0) is 25.1. The number of carbonyl (C=O) groups is 3. The molecule has 2 N–H and O–H groups in total. The smallest absolute Gasteiger partial charge is 0.238 e. The summed E-state index contributed by atoms with van der Waals surface area (Å²) in [4.78, 5) is 42.3. The molecular formula is C29H42N4O3. The van der Waals surface area contributed by atoms with Gasteiger partial charge in [0.15, 0.2) is 0 Å². The second kappa shape index (κ2) is 10.9. The van der Waals surface area contributed by atoms with E-state index < -0.39 is 0 Å². The van der Waals surface area contributed by atoms with E-state index in [4.69, 9.17) is 0 Å². The standard InChI is InChI=1S/C29H42N4O3/c1-2-24-6-3-4-7-25(24)31-26(34)20-32-10-12-33(13-11-32)27(35)8-5-9-30-28(36)29-17-21-14-22(18-29)16-23(15-21)19-29/h3-4,6-7,21-23H,2,5,8-20H2,1H3,(H,30,36)(H,31,34). The predicted molar refractivity (Wildman–Crippen MR) is 140 cm³/mol. The second-order valence-corrected chi connectivity index (χ2v) is 11.8. The van der Waals surface area contributed by atoms with Gasteiger partial charge in [-0.25, -0.2) is 0 Å². The van der Waals surface area contributed by atoms with Crippen LogP contribution < -0.4 is 10.6 Å². The molecule has 6 rings (SSSR count). The molecule has 7 nitrogen and oxygen atoms in total. The Morgan fingerprint density at radius 2 is 1.58 bits per heavy atom. The number of rotatable bonds is 9. The maximum atomic E-state index is 13.1. The molecule has 0 radical (unpaired) electrons. The van der Waals surface area contributed by atoms with Crippen LogP contribution in [0.4, 0.5) is 5.69 Å². The number of benzene rings is 1. The van der Waals surface area contributed by atoms with Crippen LogP contribution in [0.5, 0.6) is 0 Å². The van der Waals surface area contributed by atoms with Crippen LogP contribution in [0.25, 0.3) is 0 Å². The lowest BCUT2D eigenvalue weighted by Crippen LogP contribution is -2.53. The quantitative estimate of drug-likeness (QED) is 0.516. The number of aryl methyl sites for hydroxylation is 1. The van der Waals surface area contributed by atoms with E-state index in [2.05, 4.69) is 22.5 Å². The molecule has 1 saturated heterocycles. The minimum Gasteiger partial charge on any atom is -0.356 e. The van der Waals surface area contributed by atoms with Gasteiger partial charge < -0.3 is 15.5 Å². The number of nitrogens with zero attached hydrogens (tertiary/aromatic N) is 2. The SMILES string of the molecule is CCc1ccccc1NC(=O)CN1CCN(C(=O)CCCNC(=O)C23CC4CC(CC(C4)C2)C3)CC1. The van der Waals surface area contributed by atoms with Gasteiger partial charge in [0, 0.05) is 50.2 Å². The number of hydrogen-bond acceptors (Lipinski definition) is 4. The zero-order valence-corrected chi connectivity index (χ0v) is 21.8. The summed E-state index contributed by atoms with van der Waals surface area (Å²) >= 11 is 0. The number of nitrogens with one attached hydrogen (secondary N) is 2. The number of para-hydroxylation sites is 1. The first-order valence-electron chi connectivity index (χ1n) is 14.1. The topological polar surface area (TPSA) is 81.8 Å². The van der Waals surface area contributed by atoms with E-state index >= 15 is 0 Å². The molecule has 1 aliphatic heterocycles. The third kappa shape index (κ3) is 5.61. The molecule has 4 saturated carbocycles. The van der Waals surface area contributed by atoms with Gasteiger partial charge in [-0.2, -0.15) is 0 Å². The van der Waals surface area contributed by atoms with E-state index in [9.17, 15) is 14.4 Å². The van der Waals surface area contributed by atoms with Crippen LogP contribution in [0.2, 0.25) is 0 Å². The van der Waals surface area contributed by atoms with Gasteiger partial charge in [0.25, 0.3) is 0 Å². The average molecular weight is 495 g/mol. The highest BCUT2D eigenvalue weighted by Gasteiger charge is 2.54. The van der Waals surface area contributed by atoms with E-state index in [-0.39, 0.29) is 23.1 Å². The average Bonchev–Trinajstić information content (AvgIpc) is 2.86. The van der Waals surface area contributed by atoms with Crippen molar-refractivity contribution >= 4 is 23.4 Å². The van der Waals surface area contributed by atoms with Gasteiger partial charge in [0.2, 0.25) is 17.7 Å². The summed E-state index contributed by atoms with van der Waals surface area (Å²) < 4.78 is 0. The molecule has 196 valence electrons. The molecule has 1 aromatic carbocycles. The Hall–Kier alpha value is -2.41. The van der Waals surface area contributed by atoms with Crippen LogP contribution in [-0.4, -0.2) is 66.8 Å². The number of anilines is 1. The van der Waals surface area contributed by atoms with Crippen LogP contribution in [-0.2, 0) is 20.8 Å². The van der Waals surface area contributed by atoms with Crippen LogP contribution in [0.15, 0.2) is 24.3 Å². The number of carbonyl (C=O) groups excluding carboxylic acids is 3. The molecule has 1 aromatic rings. The lowest BCUT2D eigenvalue weighted by molar-refractivity contribution is -0.146. The maximum absolute atomic E-state index is 13.1. The third-order valence-corrected chi connectivity index (χ3v) is 9.14. The number of hydrogen-bond donors (Lipinski definition) is 2. The van der Waals surface area contributed by atoms with Crippen molar-refractivity contribution in [3.05, 3.63) is 29.8 Å². The summed E-state index contributed by atoms with van der Waals surface area (Å²) in [6.07, 6.45) is 9.30. The minimum atomic E-state index is -0.111. The van der Waals surface area contributed by atoms with Crippen LogP contribution in [0.1, 0.15) is 63.9 Å². The fraction of sp³-hybridized carbons (Fsp3) is 0.690. The Bertz CT molecular complexity index is 934. The first-order valence-corrected chi connectivity index (χ1v) is 14.1. The van der Waals surface area contributed by atoms with Crippen molar-refractivity contribution in [3.63, 3.8) is 0 Å². The van der Waals surface area contributed by atoms with Gasteiger partial charge in [-0.1, -0.05) is 25.1 Å². The van der Waals surface area contributed by atoms with Crippen molar-refractivity contribution in [1.82, 2.24) is 15.1 Å². The molecule has 7 heteroatoms. The Balaban J connectivity index is 0.986. The van der Waals surface area contributed by atoms with Gasteiger partial charge >= 0.3 is 0 Å². The van der Waals surface area contributed by atoms with Gasteiger partial charge in [-0.05, 0) is 80.8 Å². The van der Waals surface area contributed by atoms with Crippen molar-refractivity contribution < 1.29 is 14.4 Å². The van der Waals surface area contributed by atoms with Crippen molar-refractivity contribution in [2.75, 3.05) is 44.6 Å². The summed E-state index contributed by atoms with van der Waals surface area (Å²) in [5, 5.41) is 6.22. The first-order chi connectivity index (χ1) is 17.4. The van der Waals surface area contributed by atoms with Gasteiger partial charge in [-0.15, -0.1) is 0 Å². The molecule has 1 heterocycles. The molecule has 0 spiro atoms. The highest BCUT2D eigenvalue weighted by Crippen LogP contribution is 2.60. The van der Waals surface area contributed by atoms with E-state index in [0.717, 1.165) is 54.7 Å². The fourth-order valence-electron chi connectivity index (χ4n) is 7.67. The van der Waals surface area contributed by atoms with Gasteiger partial charge in [-0.3, -0.25) is 19.3 Å². The van der Waals surface area contributed by atoms with Crippen molar-refractivity contribution in [2.24, 2.45) is 23.2 Å². The molecule has 4 aliphatic carbocycles. The Morgan fingerprint density at radius 3 is 2.22 bits per heavy atom. The van der Waals surface area contributed by atoms with E-state index in [0.29, 0.717) is 52.1 Å². The monoisotopic (exact) mass is 494 g/mol. The maximum Gasteiger partial charge on any atom is 0.238 e. The Kier molecular flexibility index (Phi) is 7.65. The summed E-state index contributed by atoms with van der Waals surface area (Å²) in [6, 6.07) is 7.91. The highest BCUT2D eigenvalue weighted by molar-refractivity contribution is 5.93. The molecular weight excluding hydrogens is 452 g/mol. The lowest BCUT2D eigenvalue weighted by atomic mass is 9.49. The van der Waals surface area contributed by atoms with Gasteiger partial charge in [0.05, 0.1) is 6.54 Å². The largest absolute Gasteiger partial charge is 0.356 e. The van der Waals surface area contributed by atoms with E-state index in [1.54, 1.807) is 0 Å². The van der Waals surface area contributed by atoms with E-state index in [1.165, 1.54) is 19.3 Å². The number of piperazine rings is 1. The number of amides is 3. The molecule has 0 atom stereocenters. The Morgan fingerprint density at radius 1 is 0.944 bits per heavy atom. The highest BCUT2D eigenvalue weighted by atomic mass is 16.2. The summed E-state index contributed by atoms with van der Waals surface area (Å²) in [7, 11) is 0. The molecule has 0 aromatic heterocycles. The van der Waals surface area contributed by atoms with E-state index in [1.807, 2.05) is 29.2 Å². The van der Waals surface area contributed by atoms with Crippen LogP contribution >= 0.6 is 0 Å². The van der Waals surface area contributed by atoms with Crippen molar-refractivity contribution in [3.8, 4) is 0 Å². The molecule has 5 fully saturated rings. The van der Waals surface area contributed by atoms with Crippen molar-refractivity contribution in [1.29, 1.82) is 0 Å². The summed E-state index contributed by atoms with van der Waals surface area (Å²) in [5.41, 5.74) is 1.91. The van der Waals surface area contributed by atoms with Crippen LogP contribution in [0.3, 0.4) is 0 Å². The molecule has 5 aliphatic rings. The zero-order valence-electron chi connectivity index (χ0n) is 21.8. The van der Waals surface area contributed by atoms with Crippen LogP contribution in [0, 0.1) is 23.2 Å².